The van der Waals surface area contributed by atoms with Gasteiger partial charge in [-0.1, -0.05) is 11.6 Å². The normalized spacial score (nSPS) is 25.6. The molecule has 2 saturated carbocycles. The van der Waals surface area contributed by atoms with Crippen LogP contribution < -0.4 is 0 Å². The fourth-order valence-electron chi connectivity index (χ4n) is 5.98. The highest BCUT2D eigenvalue weighted by molar-refractivity contribution is 6.30. The van der Waals surface area contributed by atoms with Crippen LogP contribution in [-0.4, -0.2) is 45.4 Å². The molecule has 1 heterocycles. The average Bonchev–Trinajstić information content (AvgIpc) is 3.54. The number of halogens is 3. The van der Waals surface area contributed by atoms with Gasteiger partial charge < -0.3 is 0 Å². The first-order valence-electron chi connectivity index (χ1n) is 11.6. The Hall–Kier alpha value is -2.77. The monoisotopic (exact) mass is 516 g/mol. The Kier molecular flexibility index (Phi) is 6.40. The maximum absolute atomic E-state index is 13.8. The molecule has 0 unspecified atom stereocenters. The second kappa shape index (κ2) is 9.36. The van der Waals surface area contributed by atoms with Crippen LogP contribution in [0.25, 0.3) is 0 Å². The van der Waals surface area contributed by atoms with Gasteiger partial charge in [0, 0.05) is 22.0 Å². The SMILES string of the molecule is O=C(c1ccc(F)cc1)[C@H](CCCl)N(C(=O)c1ccc(Cl)cc1)N1C(=O)[C@@H]2[C@H]3CC[C@@H](C3)[C@@H]2C1=O. The van der Waals surface area contributed by atoms with Gasteiger partial charge in [0.15, 0.2) is 5.78 Å². The number of fused-ring (bicyclic) bond motifs is 5. The number of rotatable bonds is 7. The largest absolute Gasteiger partial charge is 0.292 e. The van der Waals surface area contributed by atoms with Crippen molar-refractivity contribution in [2.45, 2.75) is 31.7 Å². The minimum atomic E-state index is -1.23. The molecule has 6 nitrogen and oxygen atoms in total. The molecule has 0 radical (unpaired) electrons. The summed E-state index contributed by atoms with van der Waals surface area (Å²) in [6.45, 7) is 0. The number of hydrazine groups is 1. The van der Waals surface area contributed by atoms with E-state index in [1.165, 1.54) is 36.4 Å². The number of Topliss-reactive ketones (excluding diaryl/α,β-unsaturated/α-hetero) is 1. The van der Waals surface area contributed by atoms with E-state index >= 15 is 0 Å². The minimum Gasteiger partial charge on any atom is -0.292 e. The summed E-state index contributed by atoms with van der Waals surface area (Å²) in [7, 11) is 0. The van der Waals surface area contributed by atoms with Crippen molar-refractivity contribution < 1.29 is 23.6 Å². The maximum Gasteiger partial charge on any atom is 0.273 e. The van der Waals surface area contributed by atoms with Crippen LogP contribution in [0.5, 0.6) is 0 Å². The topological polar surface area (TPSA) is 74.8 Å². The van der Waals surface area contributed by atoms with Crippen LogP contribution in [0.15, 0.2) is 48.5 Å². The van der Waals surface area contributed by atoms with Crippen molar-refractivity contribution in [2.75, 3.05) is 5.88 Å². The van der Waals surface area contributed by atoms with E-state index in [0.29, 0.717) is 5.02 Å². The molecule has 3 fully saturated rings. The summed E-state index contributed by atoms with van der Waals surface area (Å²) in [6.07, 6.45) is 2.59. The second-order valence-electron chi connectivity index (χ2n) is 9.39. The number of ketones is 1. The number of hydrogen-bond donors (Lipinski definition) is 0. The summed E-state index contributed by atoms with van der Waals surface area (Å²) < 4.78 is 13.5. The van der Waals surface area contributed by atoms with Gasteiger partial charge in [0.1, 0.15) is 11.9 Å². The lowest BCUT2D eigenvalue weighted by molar-refractivity contribution is -0.157. The van der Waals surface area contributed by atoms with Crippen LogP contribution in [0.2, 0.25) is 5.02 Å². The molecule has 0 N–H and O–H groups in total. The van der Waals surface area contributed by atoms with Gasteiger partial charge in [0.2, 0.25) is 0 Å². The van der Waals surface area contributed by atoms with Gasteiger partial charge in [0.25, 0.3) is 17.7 Å². The number of amides is 3. The average molecular weight is 517 g/mol. The first-order chi connectivity index (χ1) is 16.8. The van der Waals surface area contributed by atoms with Crippen LogP contribution in [-0.2, 0) is 9.59 Å². The molecule has 182 valence electrons. The van der Waals surface area contributed by atoms with E-state index in [2.05, 4.69) is 0 Å². The Labute approximate surface area is 211 Å². The Morgan fingerprint density at radius 3 is 2.03 bits per heavy atom. The van der Waals surface area contributed by atoms with E-state index in [1.807, 2.05) is 0 Å². The number of nitrogens with zero attached hydrogens (tertiary/aromatic N) is 2. The van der Waals surface area contributed by atoms with E-state index in [-0.39, 0.29) is 35.3 Å². The number of carbonyl (C=O) groups excluding carboxylic acids is 4. The molecular formula is C26H23Cl2FN2O4. The molecule has 0 spiro atoms. The van der Waals surface area contributed by atoms with Crippen LogP contribution in [0.1, 0.15) is 46.4 Å². The molecule has 2 bridgehead atoms. The van der Waals surface area contributed by atoms with Crippen molar-refractivity contribution >= 4 is 46.7 Å². The zero-order valence-electron chi connectivity index (χ0n) is 18.7. The molecule has 35 heavy (non-hydrogen) atoms. The quantitative estimate of drug-likeness (QED) is 0.302. The first-order valence-corrected chi connectivity index (χ1v) is 12.6. The smallest absolute Gasteiger partial charge is 0.273 e. The molecule has 3 amide bonds. The predicted octanol–water partition coefficient (Wildman–Crippen LogP) is 4.75. The van der Waals surface area contributed by atoms with E-state index in [4.69, 9.17) is 23.2 Å². The number of alkyl halides is 1. The van der Waals surface area contributed by atoms with E-state index < -0.39 is 47.2 Å². The molecular weight excluding hydrogens is 494 g/mol. The maximum atomic E-state index is 13.8. The highest BCUT2D eigenvalue weighted by atomic mass is 35.5. The van der Waals surface area contributed by atoms with Gasteiger partial charge in [-0.3, -0.25) is 19.2 Å². The van der Waals surface area contributed by atoms with Crippen molar-refractivity contribution in [3.63, 3.8) is 0 Å². The molecule has 5 rings (SSSR count). The summed E-state index contributed by atoms with van der Waals surface area (Å²) in [5.41, 5.74) is 0.316. The molecule has 3 aliphatic rings. The van der Waals surface area contributed by atoms with Crippen LogP contribution in [0, 0.1) is 29.5 Å². The molecule has 1 saturated heterocycles. The summed E-state index contributed by atoms with van der Waals surface area (Å²) >= 11 is 12.0. The lowest BCUT2D eigenvalue weighted by Gasteiger charge is -2.36. The summed E-state index contributed by atoms with van der Waals surface area (Å²) in [5, 5.41) is 2.29. The van der Waals surface area contributed by atoms with Gasteiger partial charge >= 0.3 is 0 Å². The fourth-order valence-corrected chi connectivity index (χ4v) is 6.31. The minimum absolute atomic E-state index is 0.00363. The first kappa shape index (κ1) is 23.9. The Balaban J connectivity index is 1.58. The van der Waals surface area contributed by atoms with Crippen molar-refractivity contribution in [3.8, 4) is 0 Å². The zero-order chi connectivity index (χ0) is 24.9. The zero-order valence-corrected chi connectivity index (χ0v) is 20.2. The van der Waals surface area contributed by atoms with Gasteiger partial charge in [-0.2, -0.15) is 5.01 Å². The van der Waals surface area contributed by atoms with Gasteiger partial charge in [-0.05, 0) is 86.1 Å². The molecule has 5 atom stereocenters. The third kappa shape index (κ3) is 4.04. The number of imide groups is 1. The van der Waals surface area contributed by atoms with Crippen molar-refractivity contribution in [2.24, 2.45) is 23.7 Å². The van der Waals surface area contributed by atoms with E-state index in [9.17, 15) is 23.6 Å². The van der Waals surface area contributed by atoms with Crippen molar-refractivity contribution in [1.82, 2.24) is 10.0 Å². The lowest BCUT2D eigenvalue weighted by atomic mass is 9.81. The third-order valence-electron chi connectivity index (χ3n) is 7.53. The number of hydrogen-bond acceptors (Lipinski definition) is 4. The predicted molar refractivity (Wildman–Crippen MR) is 127 cm³/mol. The summed E-state index contributed by atoms with van der Waals surface area (Å²) in [6, 6.07) is 9.68. The van der Waals surface area contributed by atoms with Crippen LogP contribution in [0.4, 0.5) is 4.39 Å². The highest BCUT2D eigenvalue weighted by Gasteiger charge is 2.63. The molecule has 2 aromatic rings. The molecule has 2 aromatic carbocycles. The third-order valence-corrected chi connectivity index (χ3v) is 8.00. The number of carbonyl (C=O) groups is 4. The Morgan fingerprint density at radius 1 is 0.943 bits per heavy atom. The molecule has 0 aromatic heterocycles. The van der Waals surface area contributed by atoms with Crippen LogP contribution in [0.3, 0.4) is 0 Å². The van der Waals surface area contributed by atoms with Crippen molar-refractivity contribution in [3.05, 3.63) is 70.5 Å². The second-order valence-corrected chi connectivity index (χ2v) is 10.2. The summed E-state index contributed by atoms with van der Waals surface area (Å²) in [5.74, 6) is -3.35. The van der Waals surface area contributed by atoms with Crippen LogP contribution >= 0.6 is 23.2 Å². The fraction of sp³-hybridized carbons (Fsp3) is 0.385. The lowest BCUT2D eigenvalue weighted by Crippen LogP contribution is -2.58. The Bertz CT molecular complexity index is 1160. The Morgan fingerprint density at radius 2 is 1.49 bits per heavy atom. The molecule has 1 aliphatic heterocycles. The standard InChI is InChI=1S/C26H23Cl2FN2O4/c27-12-11-20(23(32)14-5-9-19(29)10-6-14)30(24(33)15-3-7-18(28)8-4-15)31-25(34)21-16-1-2-17(13-16)22(21)26(31)35/h3-10,16-17,20-22H,1-2,11-13H2/t16-,17-,20-,21-,22+/m0/s1. The summed E-state index contributed by atoms with van der Waals surface area (Å²) in [4.78, 5) is 54.7. The van der Waals surface area contributed by atoms with Crippen molar-refractivity contribution in [1.29, 1.82) is 0 Å². The van der Waals surface area contributed by atoms with Gasteiger partial charge in [-0.25, -0.2) is 9.40 Å². The molecule has 9 heteroatoms. The highest BCUT2D eigenvalue weighted by Crippen LogP contribution is 2.56. The number of benzene rings is 2. The van der Waals surface area contributed by atoms with Gasteiger partial charge in [0.05, 0.1) is 11.8 Å². The van der Waals surface area contributed by atoms with E-state index in [0.717, 1.165) is 41.4 Å². The van der Waals surface area contributed by atoms with Gasteiger partial charge in [-0.15, -0.1) is 11.6 Å². The van der Waals surface area contributed by atoms with E-state index in [1.54, 1.807) is 0 Å². The molecule has 2 aliphatic carbocycles.